The molecule has 0 aromatic carbocycles. The second-order valence-corrected chi connectivity index (χ2v) is 25.7. The summed E-state index contributed by atoms with van der Waals surface area (Å²) in [6.07, 6.45) is 32.2. The molecule has 3 aliphatic rings. The van der Waals surface area contributed by atoms with E-state index in [4.69, 9.17) is 28.4 Å². The maximum Gasteiger partial charge on any atom is 0.220 e. The fraction of sp³-hybridized carbons (Fsp3) is 0.928. The lowest BCUT2D eigenvalue weighted by Gasteiger charge is -2.48. The van der Waals surface area contributed by atoms with Gasteiger partial charge in [-0.2, -0.15) is 0 Å². The fourth-order valence-corrected chi connectivity index (χ4v) is 12.2. The minimum absolute atomic E-state index is 0.240. The number of amides is 1. The molecule has 0 radical (unpaired) electrons. The Labute approximate surface area is 530 Å². The third-order valence-electron chi connectivity index (χ3n) is 18.0. The smallest absolute Gasteiger partial charge is 0.220 e. The van der Waals surface area contributed by atoms with Crippen molar-refractivity contribution >= 4 is 5.91 Å². The van der Waals surface area contributed by atoms with E-state index in [0.717, 1.165) is 38.5 Å². The third-order valence-corrected chi connectivity index (χ3v) is 18.0. The summed E-state index contributed by atoms with van der Waals surface area (Å²) in [6, 6.07) is -0.985. The minimum atomic E-state index is -1.98. The molecule has 3 aliphatic heterocycles. The number of allylic oxidation sites excluding steroid dienone is 3. The lowest BCUT2D eigenvalue weighted by Crippen LogP contribution is -2.66. The average Bonchev–Trinajstić information content (AvgIpc) is 1.86. The zero-order valence-electron chi connectivity index (χ0n) is 54.7. The van der Waals surface area contributed by atoms with Crippen LogP contribution >= 0.6 is 0 Å². The molecule has 88 heavy (non-hydrogen) atoms. The molecule has 17 unspecified atom stereocenters. The Bertz CT molecular complexity index is 1690. The molecular formula is C69H129NO18. The van der Waals surface area contributed by atoms with Crippen molar-refractivity contribution in [3.63, 3.8) is 0 Å². The predicted octanol–water partition coefficient (Wildman–Crippen LogP) is 9.44. The van der Waals surface area contributed by atoms with Crippen LogP contribution in [0.2, 0.25) is 0 Å². The van der Waals surface area contributed by atoms with E-state index in [1.807, 2.05) is 6.08 Å². The number of aliphatic hydroxyl groups is 11. The first-order valence-electron chi connectivity index (χ1n) is 35.6. The molecule has 518 valence electrons. The molecule has 17 atom stereocenters. The molecule has 3 saturated heterocycles. The van der Waals surface area contributed by atoms with Gasteiger partial charge in [0, 0.05) is 6.42 Å². The fourth-order valence-electron chi connectivity index (χ4n) is 12.2. The second-order valence-electron chi connectivity index (χ2n) is 25.7. The maximum atomic E-state index is 13.3. The first kappa shape index (κ1) is 80.5. The largest absolute Gasteiger partial charge is 0.394 e. The van der Waals surface area contributed by atoms with Gasteiger partial charge in [0.05, 0.1) is 38.6 Å². The van der Waals surface area contributed by atoms with Crippen molar-refractivity contribution in [2.75, 3.05) is 26.4 Å². The zero-order chi connectivity index (χ0) is 64.0. The standard InChI is InChI=1S/C69H129NO18/c1-3-5-7-9-11-13-15-16-17-18-19-20-21-22-23-24-25-26-27-28-29-30-31-32-33-34-35-36-37-39-41-43-45-47-57(75)70-52(53(74)46-44-42-40-38-14-12-10-8-6-4-2)51-83-67-63(81)60(78)65(55(49-72)85-67)88-69-64(82)61(79)66(56(50-73)86-69)87-68-62(80)59(77)58(76)54(48-71)84-68/h14,38,44,46,52-56,58-69,71-74,76-82H,3-13,15-37,39-43,45,47-51H2,1-2H3,(H,70,75)/b38-14+,46-44+. The van der Waals surface area contributed by atoms with E-state index in [2.05, 4.69) is 31.3 Å². The third kappa shape index (κ3) is 33.4. The van der Waals surface area contributed by atoms with Crippen LogP contribution in [0.25, 0.3) is 0 Å². The number of rotatable bonds is 55. The van der Waals surface area contributed by atoms with Crippen LogP contribution in [-0.4, -0.2) is 193 Å². The van der Waals surface area contributed by atoms with Crippen molar-refractivity contribution in [3.05, 3.63) is 24.3 Å². The van der Waals surface area contributed by atoms with E-state index >= 15 is 0 Å². The van der Waals surface area contributed by atoms with Crippen LogP contribution in [0.5, 0.6) is 0 Å². The topological polar surface area (TPSA) is 307 Å². The van der Waals surface area contributed by atoms with Crippen molar-refractivity contribution in [2.24, 2.45) is 0 Å². The molecular weight excluding hydrogens is 1130 g/mol. The molecule has 0 spiro atoms. The van der Waals surface area contributed by atoms with Crippen molar-refractivity contribution in [1.29, 1.82) is 0 Å². The molecule has 3 fully saturated rings. The van der Waals surface area contributed by atoms with Crippen LogP contribution in [0.4, 0.5) is 0 Å². The van der Waals surface area contributed by atoms with Gasteiger partial charge in [-0.05, 0) is 32.1 Å². The number of hydrogen-bond acceptors (Lipinski definition) is 18. The summed E-state index contributed by atoms with van der Waals surface area (Å²) in [5.74, 6) is -0.283. The van der Waals surface area contributed by atoms with Gasteiger partial charge < -0.3 is 89.9 Å². The quantitative estimate of drug-likeness (QED) is 0.0199. The number of nitrogens with one attached hydrogen (secondary N) is 1. The van der Waals surface area contributed by atoms with Crippen LogP contribution in [0.15, 0.2) is 24.3 Å². The number of hydrogen-bond donors (Lipinski definition) is 12. The number of aliphatic hydroxyl groups excluding tert-OH is 11. The lowest BCUT2D eigenvalue weighted by molar-refractivity contribution is -0.379. The van der Waals surface area contributed by atoms with E-state index in [-0.39, 0.29) is 18.9 Å². The summed E-state index contributed by atoms with van der Waals surface area (Å²) in [4.78, 5) is 13.3. The Morgan fingerprint density at radius 1 is 0.398 bits per heavy atom. The van der Waals surface area contributed by atoms with Gasteiger partial charge >= 0.3 is 0 Å². The Balaban J connectivity index is 1.32. The molecule has 3 heterocycles. The van der Waals surface area contributed by atoms with Gasteiger partial charge in [-0.3, -0.25) is 4.79 Å². The molecule has 0 aliphatic carbocycles. The van der Waals surface area contributed by atoms with Crippen LogP contribution < -0.4 is 5.32 Å². The van der Waals surface area contributed by atoms with Crippen molar-refractivity contribution in [1.82, 2.24) is 5.32 Å². The summed E-state index contributed by atoms with van der Waals surface area (Å²) < 4.78 is 34.2. The summed E-state index contributed by atoms with van der Waals surface area (Å²) in [6.45, 7) is 1.69. The van der Waals surface area contributed by atoms with Crippen molar-refractivity contribution in [2.45, 2.75) is 381 Å². The molecule has 0 aromatic heterocycles. The highest BCUT2D eigenvalue weighted by Crippen LogP contribution is 2.33. The van der Waals surface area contributed by atoms with Crippen LogP contribution in [0.1, 0.15) is 277 Å². The maximum absolute atomic E-state index is 13.3. The molecule has 3 rings (SSSR count). The van der Waals surface area contributed by atoms with E-state index in [1.165, 1.54) is 205 Å². The van der Waals surface area contributed by atoms with E-state index in [1.54, 1.807) is 6.08 Å². The Morgan fingerprint density at radius 3 is 1.14 bits per heavy atom. The summed E-state index contributed by atoms with van der Waals surface area (Å²) >= 11 is 0. The van der Waals surface area contributed by atoms with Gasteiger partial charge in [0.2, 0.25) is 5.91 Å². The van der Waals surface area contributed by atoms with Crippen molar-refractivity contribution in [3.8, 4) is 0 Å². The van der Waals surface area contributed by atoms with Crippen molar-refractivity contribution < 1.29 is 89.4 Å². The van der Waals surface area contributed by atoms with E-state index in [0.29, 0.717) is 12.8 Å². The molecule has 0 aromatic rings. The molecule has 0 saturated carbocycles. The highest BCUT2D eigenvalue weighted by molar-refractivity contribution is 5.76. The minimum Gasteiger partial charge on any atom is -0.394 e. The number of carbonyl (C=O) groups is 1. The van der Waals surface area contributed by atoms with Crippen LogP contribution in [-0.2, 0) is 33.2 Å². The second kappa shape index (κ2) is 51.7. The molecule has 12 N–H and O–H groups in total. The van der Waals surface area contributed by atoms with Crippen LogP contribution in [0, 0.1) is 0 Å². The first-order valence-corrected chi connectivity index (χ1v) is 35.6. The Kier molecular flexibility index (Phi) is 47.3. The zero-order valence-corrected chi connectivity index (χ0v) is 54.7. The molecule has 19 nitrogen and oxygen atoms in total. The SMILES string of the molecule is CCCCCC/C=C/CC/C=C/C(O)C(COC1OC(CO)C(OC2OC(CO)C(OC3OC(CO)C(O)C(O)C3O)C(O)C2O)C(O)C1O)NC(=O)CCCCCCCCCCCCCCCCCCCCCCCCCCCCCCCCCCC. The number of ether oxygens (including phenoxy) is 6. The van der Waals surface area contributed by atoms with E-state index < -0.39 is 124 Å². The molecule has 19 heteroatoms. The van der Waals surface area contributed by atoms with Gasteiger partial charge in [0.1, 0.15) is 73.2 Å². The summed E-state index contributed by atoms with van der Waals surface area (Å²) in [5.41, 5.74) is 0. The monoisotopic (exact) mass is 1260 g/mol. The van der Waals surface area contributed by atoms with E-state index in [9.17, 15) is 61.0 Å². The van der Waals surface area contributed by atoms with Gasteiger partial charge in [-0.1, -0.05) is 263 Å². The number of unbranched alkanes of at least 4 members (excludes halogenated alkanes) is 37. The summed E-state index contributed by atoms with van der Waals surface area (Å²) in [5, 5.41) is 120. The lowest BCUT2D eigenvalue weighted by atomic mass is 9.96. The highest BCUT2D eigenvalue weighted by Gasteiger charge is 2.53. The Hall–Kier alpha value is -1.73. The summed E-state index contributed by atoms with van der Waals surface area (Å²) in [7, 11) is 0. The van der Waals surface area contributed by atoms with Crippen LogP contribution in [0.3, 0.4) is 0 Å². The average molecular weight is 1260 g/mol. The highest BCUT2D eigenvalue weighted by atomic mass is 16.8. The first-order chi connectivity index (χ1) is 42.8. The van der Waals surface area contributed by atoms with Gasteiger partial charge in [0.25, 0.3) is 0 Å². The number of carbonyl (C=O) groups excluding carboxylic acids is 1. The Morgan fingerprint density at radius 2 is 0.727 bits per heavy atom. The van der Waals surface area contributed by atoms with Gasteiger partial charge in [0.15, 0.2) is 18.9 Å². The normalized spacial score (nSPS) is 28.5. The molecule has 0 bridgehead atoms. The predicted molar refractivity (Wildman–Crippen MR) is 342 cm³/mol. The van der Waals surface area contributed by atoms with Gasteiger partial charge in [-0.25, -0.2) is 0 Å². The molecule has 1 amide bonds. The van der Waals surface area contributed by atoms with Gasteiger partial charge in [-0.15, -0.1) is 0 Å².